The van der Waals surface area contributed by atoms with Gasteiger partial charge >= 0.3 is 0 Å². The fourth-order valence-electron chi connectivity index (χ4n) is 3.35. The SMILES string of the molecule is Cc1ccc(N(c2ccc(C(C)(C)O)cc2)c2ccc(C(C)(C)O)cc2)cc1C. The predicted octanol–water partition coefficient (Wildman–Crippen LogP) is 6.23. The van der Waals surface area contributed by atoms with Gasteiger partial charge in [-0.05, 0) is 100 Å². The van der Waals surface area contributed by atoms with Crippen molar-refractivity contribution in [2.45, 2.75) is 52.7 Å². The Morgan fingerprint density at radius 1 is 0.552 bits per heavy atom. The van der Waals surface area contributed by atoms with Crippen molar-refractivity contribution in [1.29, 1.82) is 0 Å². The molecule has 3 aromatic carbocycles. The summed E-state index contributed by atoms with van der Waals surface area (Å²) in [6.45, 7) is 11.4. The van der Waals surface area contributed by atoms with Gasteiger partial charge in [0.2, 0.25) is 0 Å². The molecule has 3 heteroatoms. The van der Waals surface area contributed by atoms with Crippen molar-refractivity contribution in [2.75, 3.05) is 4.90 Å². The van der Waals surface area contributed by atoms with Gasteiger partial charge in [-0.3, -0.25) is 0 Å². The molecule has 0 saturated carbocycles. The molecule has 0 aliphatic carbocycles. The molecule has 0 fully saturated rings. The first-order valence-electron chi connectivity index (χ1n) is 10.00. The molecule has 2 N–H and O–H groups in total. The van der Waals surface area contributed by atoms with Gasteiger partial charge < -0.3 is 15.1 Å². The van der Waals surface area contributed by atoms with Crippen molar-refractivity contribution in [1.82, 2.24) is 0 Å². The van der Waals surface area contributed by atoms with Gasteiger partial charge in [0.1, 0.15) is 0 Å². The van der Waals surface area contributed by atoms with Crippen LogP contribution in [0, 0.1) is 13.8 Å². The minimum atomic E-state index is -0.877. The van der Waals surface area contributed by atoms with E-state index in [9.17, 15) is 10.2 Å². The second-order valence-electron chi connectivity index (χ2n) is 8.82. The zero-order chi connectivity index (χ0) is 21.4. The maximum Gasteiger partial charge on any atom is 0.0840 e. The lowest BCUT2D eigenvalue weighted by Crippen LogP contribution is -2.17. The van der Waals surface area contributed by atoms with Gasteiger partial charge in [-0.15, -0.1) is 0 Å². The van der Waals surface area contributed by atoms with Crippen LogP contribution in [-0.4, -0.2) is 10.2 Å². The summed E-state index contributed by atoms with van der Waals surface area (Å²) >= 11 is 0. The van der Waals surface area contributed by atoms with E-state index in [4.69, 9.17) is 0 Å². The smallest absolute Gasteiger partial charge is 0.0840 e. The molecule has 3 nitrogen and oxygen atoms in total. The summed E-state index contributed by atoms with van der Waals surface area (Å²) in [6.07, 6.45) is 0. The molecule has 0 radical (unpaired) electrons. The van der Waals surface area contributed by atoms with Crippen LogP contribution in [0.3, 0.4) is 0 Å². The number of hydrogen-bond acceptors (Lipinski definition) is 3. The molecule has 0 aromatic heterocycles. The number of nitrogens with zero attached hydrogens (tertiary/aromatic N) is 1. The third-order valence-electron chi connectivity index (χ3n) is 5.41. The average Bonchev–Trinajstić information content (AvgIpc) is 2.64. The molecule has 152 valence electrons. The van der Waals surface area contributed by atoms with Crippen LogP contribution in [0.5, 0.6) is 0 Å². The van der Waals surface area contributed by atoms with Gasteiger partial charge in [0.15, 0.2) is 0 Å². The molecular formula is C26H31NO2. The monoisotopic (exact) mass is 389 g/mol. The summed E-state index contributed by atoms with van der Waals surface area (Å²) in [5, 5.41) is 20.6. The molecule has 0 atom stereocenters. The fourth-order valence-corrected chi connectivity index (χ4v) is 3.35. The van der Waals surface area contributed by atoms with E-state index >= 15 is 0 Å². The van der Waals surface area contributed by atoms with Crippen LogP contribution in [0.25, 0.3) is 0 Å². The van der Waals surface area contributed by atoms with E-state index in [1.54, 1.807) is 27.7 Å². The molecule has 0 unspecified atom stereocenters. The van der Waals surface area contributed by atoms with Crippen LogP contribution < -0.4 is 4.90 Å². The first-order chi connectivity index (χ1) is 13.5. The van der Waals surface area contributed by atoms with Gasteiger partial charge in [0, 0.05) is 17.1 Å². The number of anilines is 3. The van der Waals surface area contributed by atoms with Gasteiger partial charge in [-0.2, -0.15) is 0 Å². The highest BCUT2D eigenvalue weighted by atomic mass is 16.3. The highest BCUT2D eigenvalue weighted by molar-refractivity contribution is 5.77. The first kappa shape index (κ1) is 21.1. The Hall–Kier alpha value is -2.62. The van der Waals surface area contributed by atoms with E-state index in [0.29, 0.717) is 0 Å². The molecular weight excluding hydrogens is 358 g/mol. The standard InChI is InChI=1S/C26H31NO2/c1-18-7-12-24(17-19(18)2)27(22-13-8-20(9-14-22)25(3,4)28)23-15-10-21(11-16-23)26(5,6)29/h7-17,28-29H,1-6H3. The van der Waals surface area contributed by atoms with E-state index < -0.39 is 11.2 Å². The summed E-state index contributed by atoms with van der Waals surface area (Å²) in [7, 11) is 0. The third-order valence-corrected chi connectivity index (χ3v) is 5.41. The maximum absolute atomic E-state index is 10.3. The first-order valence-corrected chi connectivity index (χ1v) is 10.00. The Kier molecular flexibility index (Phi) is 5.57. The Labute approximate surface area is 174 Å². The van der Waals surface area contributed by atoms with Gasteiger partial charge in [-0.1, -0.05) is 30.3 Å². The van der Waals surface area contributed by atoms with Gasteiger partial charge in [0.05, 0.1) is 11.2 Å². The number of hydrogen-bond donors (Lipinski definition) is 2. The molecule has 0 amide bonds. The van der Waals surface area contributed by atoms with E-state index in [1.807, 2.05) is 48.5 Å². The highest BCUT2D eigenvalue weighted by Crippen LogP contribution is 2.37. The summed E-state index contributed by atoms with van der Waals surface area (Å²) < 4.78 is 0. The molecule has 3 rings (SSSR count). The van der Waals surface area contributed by atoms with Crippen LogP contribution in [-0.2, 0) is 11.2 Å². The minimum absolute atomic E-state index is 0.874. The van der Waals surface area contributed by atoms with Crippen LogP contribution in [0.1, 0.15) is 49.9 Å². The Bertz CT molecular complexity index is 918. The van der Waals surface area contributed by atoms with E-state index in [1.165, 1.54) is 11.1 Å². The Morgan fingerprint density at radius 3 is 1.28 bits per heavy atom. The Morgan fingerprint density at radius 2 is 0.931 bits per heavy atom. The molecule has 0 aliphatic rings. The van der Waals surface area contributed by atoms with Crippen LogP contribution >= 0.6 is 0 Å². The van der Waals surface area contributed by atoms with Crippen molar-refractivity contribution < 1.29 is 10.2 Å². The molecule has 0 aliphatic heterocycles. The van der Waals surface area contributed by atoms with Crippen LogP contribution in [0.2, 0.25) is 0 Å². The van der Waals surface area contributed by atoms with Gasteiger partial charge in [-0.25, -0.2) is 0 Å². The van der Waals surface area contributed by atoms with Crippen molar-refractivity contribution in [3.8, 4) is 0 Å². The number of aliphatic hydroxyl groups is 2. The number of aryl methyl sites for hydroxylation is 2. The van der Waals surface area contributed by atoms with Crippen LogP contribution in [0.4, 0.5) is 17.1 Å². The van der Waals surface area contributed by atoms with Crippen molar-refractivity contribution in [2.24, 2.45) is 0 Å². The molecule has 0 heterocycles. The molecule has 3 aromatic rings. The zero-order valence-corrected chi connectivity index (χ0v) is 18.2. The summed E-state index contributed by atoms with van der Waals surface area (Å²) in [4.78, 5) is 2.19. The lowest BCUT2D eigenvalue weighted by atomic mass is 9.97. The third kappa shape index (κ3) is 4.69. The highest BCUT2D eigenvalue weighted by Gasteiger charge is 2.19. The average molecular weight is 390 g/mol. The summed E-state index contributed by atoms with van der Waals surface area (Å²) in [5.74, 6) is 0. The maximum atomic E-state index is 10.3. The topological polar surface area (TPSA) is 43.7 Å². The van der Waals surface area contributed by atoms with E-state index in [-0.39, 0.29) is 0 Å². The summed E-state index contributed by atoms with van der Waals surface area (Å²) in [6, 6.07) is 22.4. The van der Waals surface area contributed by atoms with E-state index in [0.717, 1.165) is 28.2 Å². The molecule has 29 heavy (non-hydrogen) atoms. The summed E-state index contributed by atoms with van der Waals surface area (Å²) in [5.41, 5.74) is 5.57. The quantitative estimate of drug-likeness (QED) is 0.544. The second-order valence-corrected chi connectivity index (χ2v) is 8.82. The Balaban J connectivity index is 2.10. The minimum Gasteiger partial charge on any atom is -0.386 e. The van der Waals surface area contributed by atoms with Crippen molar-refractivity contribution in [3.05, 3.63) is 89.0 Å². The lowest BCUT2D eigenvalue weighted by molar-refractivity contribution is 0.0781. The predicted molar refractivity (Wildman–Crippen MR) is 121 cm³/mol. The second kappa shape index (κ2) is 7.66. The van der Waals surface area contributed by atoms with E-state index in [2.05, 4.69) is 36.9 Å². The zero-order valence-electron chi connectivity index (χ0n) is 18.2. The van der Waals surface area contributed by atoms with Crippen molar-refractivity contribution >= 4 is 17.1 Å². The number of benzene rings is 3. The van der Waals surface area contributed by atoms with Gasteiger partial charge in [0.25, 0.3) is 0 Å². The number of rotatable bonds is 5. The molecule has 0 saturated heterocycles. The van der Waals surface area contributed by atoms with Crippen LogP contribution in [0.15, 0.2) is 66.7 Å². The lowest BCUT2D eigenvalue weighted by Gasteiger charge is -2.28. The fraction of sp³-hybridized carbons (Fsp3) is 0.308. The van der Waals surface area contributed by atoms with Crippen molar-refractivity contribution in [3.63, 3.8) is 0 Å². The molecule has 0 spiro atoms. The largest absolute Gasteiger partial charge is 0.386 e. The normalized spacial score (nSPS) is 12.1. The molecule has 0 bridgehead atoms.